The Bertz CT molecular complexity index is 626. The summed E-state index contributed by atoms with van der Waals surface area (Å²) in [5, 5.41) is 0. The summed E-state index contributed by atoms with van der Waals surface area (Å²) in [6.45, 7) is 14.7. The quantitative estimate of drug-likeness (QED) is 0.500. The maximum Gasteiger partial charge on any atom is 0.273 e. The van der Waals surface area contributed by atoms with Crippen molar-refractivity contribution in [3.8, 4) is 0 Å². The number of likely N-dealkylation sites (tertiary alicyclic amines) is 1. The molecule has 1 aliphatic heterocycles. The molecule has 0 unspecified atom stereocenters. The van der Waals surface area contributed by atoms with Gasteiger partial charge in [0.05, 0.1) is 30.5 Å². The smallest absolute Gasteiger partial charge is 0.273 e. The average Bonchev–Trinajstić information content (AvgIpc) is 2.44. The minimum absolute atomic E-state index is 0.00211. The van der Waals surface area contributed by atoms with Crippen LogP contribution in [0.4, 0.5) is 8.78 Å². The topological polar surface area (TPSA) is 30.9 Å². The van der Waals surface area contributed by atoms with Crippen molar-refractivity contribution >= 4 is 0 Å². The molecule has 4 fully saturated rings. The van der Waals surface area contributed by atoms with Gasteiger partial charge in [0.1, 0.15) is 6.61 Å². The standard InChI is InChI=1S/C25H43F2NO3/c1-21(2,3)28-15-24(16-28)11-19(12-24)30-17-25(26,27)7-8-29-18-9-23(10-18)13-20(14-23)31-22(4,5)6/h18-20H,7-17H2,1-6H3. The van der Waals surface area contributed by atoms with E-state index in [-0.39, 0.29) is 36.4 Å². The van der Waals surface area contributed by atoms with Gasteiger partial charge in [-0.25, -0.2) is 8.78 Å². The van der Waals surface area contributed by atoms with Gasteiger partial charge in [0.25, 0.3) is 5.92 Å². The van der Waals surface area contributed by atoms with E-state index in [2.05, 4.69) is 46.4 Å². The van der Waals surface area contributed by atoms with Crippen LogP contribution in [0.1, 0.15) is 86.5 Å². The third-order valence-corrected chi connectivity index (χ3v) is 7.84. The van der Waals surface area contributed by atoms with Crippen LogP contribution in [-0.2, 0) is 14.2 Å². The predicted octanol–water partition coefficient (Wildman–Crippen LogP) is 5.43. The third kappa shape index (κ3) is 5.62. The van der Waals surface area contributed by atoms with Gasteiger partial charge < -0.3 is 14.2 Å². The third-order valence-electron chi connectivity index (χ3n) is 7.84. The molecule has 2 spiro atoms. The van der Waals surface area contributed by atoms with Gasteiger partial charge in [-0.1, -0.05) is 0 Å². The molecule has 0 radical (unpaired) electrons. The van der Waals surface area contributed by atoms with Crippen molar-refractivity contribution in [2.24, 2.45) is 10.8 Å². The monoisotopic (exact) mass is 443 g/mol. The highest BCUT2D eigenvalue weighted by molar-refractivity contribution is 5.08. The van der Waals surface area contributed by atoms with E-state index in [0.717, 1.165) is 51.6 Å². The first-order chi connectivity index (χ1) is 14.2. The lowest BCUT2D eigenvalue weighted by Crippen LogP contribution is -2.68. The molecule has 4 nitrogen and oxygen atoms in total. The summed E-state index contributed by atoms with van der Waals surface area (Å²) < 4.78 is 45.8. The minimum atomic E-state index is -2.80. The molecule has 0 aromatic carbocycles. The van der Waals surface area contributed by atoms with Crippen molar-refractivity contribution in [1.29, 1.82) is 0 Å². The van der Waals surface area contributed by atoms with Crippen LogP contribution in [0.25, 0.3) is 0 Å². The first kappa shape index (κ1) is 23.8. The van der Waals surface area contributed by atoms with Gasteiger partial charge in [0.15, 0.2) is 0 Å². The van der Waals surface area contributed by atoms with Crippen LogP contribution in [0, 0.1) is 10.8 Å². The largest absolute Gasteiger partial charge is 0.378 e. The Morgan fingerprint density at radius 2 is 1.29 bits per heavy atom. The number of alkyl halides is 2. The number of halogens is 2. The molecule has 4 aliphatic rings. The molecule has 1 heterocycles. The molecule has 0 atom stereocenters. The number of hydrogen-bond acceptors (Lipinski definition) is 4. The van der Waals surface area contributed by atoms with E-state index in [1.54, 1.807) is 0 Å². The molecule has 0 bridgehead atoms. The van der Waals surface area contributed by atoms with Crippen LogP contribution in [-0.4, -0.2) is 66.6 Å². The number of nitrogens with zero attached hydrogens (tertiary/aromatic N) is 1. The summed E-state index contributed by atoms with van der Waals surface area (Å²) in [5.74, 6) is -2.80. The second-order valence-electron chi connectivity index (χ2n) is 13.1. The average molecular weight is 444 g/mol. The predicted molar refractivity (Wildman–Crippen MR) is 118 cm³/mol. The Labute approximate surface area is 187 Å². The Morgan fingerprint density at radius 3 is 1.84 bits per heavy atom. The summed E-state index contributed by atoms with van der Waals surface area (Å²) in [6.07, 6.45) is 6.27. The number of rotatable bonds is 8. The van der Waals surface area contributed by atoms with Crippen molar-refractivity contribution in [2.45, 2.75) is 122 Å². The van der Waals surface area contributed by atoms with E-state index in [0.29, 0.717) is 16.9 Å². The van der Waals surface area contributed by atoms with Crippen LogP contribution in [0.15, 0.2) is 0 Å². The lowest BCUT2D eigenvalue weighted by molar-refractivity contribution is -0.210. The minimum Gasteiger partial charge on any atom is -0.378 e. The summed E-state index contributed by atoms with van der Waals surface area (Å²) >= 11 is 0. The van der Waals surface area contributed by atoms with Gasteiger partial charge in [0.2, 0.25) is 0 Å². The van der Waals surface area contributed by atoms with E-state index in [9.17, 15) is 8.78 Å². The lowest BCUT2D eigenvalue weighted by atomic mass is 9.53. The molecule has 3 aliphatic carbocycles. The fraction of sp³-hybridized carbons (Fsp3) is 1.00. The first-order valence-corrected chi connectivity index (χ1v) is 12.2. The fourth-order valence-corrected chi connectivity index (χ4v) is 6.05. The zero-order valence-corrected chi connectivity index (χ0v) is 20.4. The van der Waals surface area contributed by atoms with Gasteiger partial charge in [-0.3, -0.25) is 4.90 Å². The zero-order chi connectivity index (χ0) is 22.7. The van der Waals surface area contributed by atoms with Crippen LogP contribution in [0.3, 0.4) is 0 Å². The number of ether oxygens (including phenoxy) is 3. The Kier molecular flexibility index (Phi) is 6.07. The highest BCUT2D eigenvalue weighted by Gasteiger charge is 2.56. The molecular weight excluding hydrogens is 400 g/mol. The van der Waals surface area contributed by atoms with Gasteiger partial charge in [0, 0.05) is 30.5 Å². The van der Waals surface area contributed by atoms with Crippen LogP contribution in [0.2, 0.25) is 0 Å². The van der Waals surface area contributed by atoms with Crippen molar-refractivity contribution < 1.29 is 23.0 Å². The van der Waals surface area contributed by atoms with Gasteiger partial charge >= 0.3 is 0 Å². The molecule has 0 aromatic rings. The summed E-state index contributed by atoms with van der Waals surface area (Å²) in [7, 11) is 0. The normalized spacial score (nSPS) is 33.7. The van der Waals surface area contributed by atoms with Crippen molar-refractivity contribution in [3.05, 3.63) is 0 Å². The second-order valence-corrected chi connectivity index (χ2v) is 13.1. The molecule has 180 valence electrons. The Hall–Kier alpha value is -0.300. The van der Waals surface area contributed by atoms with Crippen LogP contribution in [0.5, 0.6) is 0 Å². The van der Waals surface area contributed by atoms with Crippen molar-refractivity contribution in [2.75, 3.05) is 26.3 Å². The lowest BCUT2D eigenvalue weighted by Gasteiger charge is -2.62. The Morgan fingerprint density at radius 1 is 0.774 bits per heavy atom. The van der Waals surface area contributed by atoms with Crippen molar-refractivity contribution in [3.63, 3.8) is 0 Å². The van der Waals surface area contributed by atoms with Crippen molar-refractivity contribution in [1.82, 2.24) is 4.90 Å². The van der Waals surface area contributed by atoms with Crippen LogP contribution >= 0.6 is 0 Å². The second kappa shape index (κ2) is 7.89. The molecule has 3 saturated carbocycles. The number of hydrogen-bond donors (Lipinski definition) is 0. The summed E-state index contributed by atoms with van der Waals surface area (Å²) in [6, 6.07) is 0. The van der Waals surface area contributed by atoms with Gasteiger partial charge in [-0.15, -0.1) is 0 Å². The van der Waals surface area contributed by atoms with E-state index in [1.807, 2.05) is 0 Å². The van der Waals surface area contributed by atoms with Gasteiger partial charge in [-0.05, 0) is 85.5 Å². The molecule has 0 N–H and O–H groups in total. The summed E-state index contributed by atoms with van der Waals surface area (Å²) in [5.41, 5.74) is 0.792. The highest BCUT2D eigenvalue weighted by Crippen LogP contribution is 2.58. The van der Waals surface area contributed by atoms with E-state index in [1.165, 1.54) is 0 Å². The molecular formula is C25H43F2NO3. The molecule has 4 rings (SSSR count). The zero-order valence-electron chi connectivity index (χ0n) is 20.4. The molecule has 6 heteroatoms. The highest BCUT2D eigenvalue weighted by atomic mass is 19.3. The summed E-state index contributed by atoms with van der Waals surface area (Å²) in [4.78, 5) is 2.46. The SMILES string of the molecule is CC(C)(C)OC1CC2(CC(OCCC(F)(F)COC3CC4(C3)CN(C(C)(C)C)C4)C2)C1. The Balaban J connectivity index is 1.04. The molecule has 0 amide bonds. The first-order valence-electron chi connectivity index (χ1n) is 12.2. The maximum absolute atomic E-state index is 14.2. The fourth-order valence-electron chi connectivity index (χ4n) is 6.05. The van der Waals surface area contributed by atoms with Gasteiger partial charge in [-0.2, -0.15) is 0 Å². The maximum atomic E-state index is 14.2. The molecule has 31 heavy (non-hydrogen) atoms. The molecule has 1 saturated heterocycles. The van der Waals surface area contributed by atoms with Crippen LogP contribution < -0.4 is 0 Å². The van der Waals surface area contributed by atoms with E-state index >= 15 is 0 Å². The van der Waals surface area contributed by atoms with E-state index in [4.69, 9.17) is 14.2 Å². The molecule has 0 aromatic heterocycles. The van der Waals surface area contributed by atoms with E-state index < -0.39 is 12.5 Å².